The van der Waals surface area contributed by atoms with Crippen LogP contribution < -0.4 is 10.2 Å². The molecule has 2 saturated heterocycles. The van der Waals surface area contributed by atoms with Gasteiger partial charge in [0.2, 0.25) is 0 Å². The van der Waals surface area contributed by atoms with Crippen molar-refractivity contribution in [2.75, 3.05) is 43.6 Å². The van der Waals surface area contributed by atoms with Crippen molar-refractivity contribution in [3.05, 3.63) is 47.7 Å². The number of benzene rings is 1. The lowest BCUT2D eigenvalue weighted by atomic mass is 9.73. The Kier molecular flexibility index (Phi) is 4.74. The van der Waals surface area contributed by atoms with Gasteiger partial charge in [-0.25, -0.2) is 9.78 Å². The summed E-state index contributed by atoms with van der Waals surface area (Å²) < 4.78 is 10.3. The van der Waals surface area contributed by atoms with Gasteiger partial charge in [0.15, 0.2) is 5.82 Å². The van der Waals surface area contributed by atoms with Crippen molar-refractivity contribution in [1.82, 2.24) is 4.98 Å². The number of rotatable bonds is 4. The summed E-state index contributed by atoms with van der Waals surface area (Å²) in [6.45, 7) is 5.84. The maximum atomic E-state index is 11.6. The zero-order valence-electron chi connectivity index (χ0n) is 15.8. The second kappa shape index (κ2) is 7.19. The number of nitrogens with one attached hydrogen (secondary N) is 1. The van der Waals surface area contributed by atoms with Crippen molar-refractivity contribution in [3.8, 4) is 0 Å². The number of anilines is 3. The van der Waals surface area contributed by atoms with Gasteiger partial charge >= 0.3 is 5.97 Å². The topological polar surface area (TPSA) is 63.7 Å². The Balaban J connectivity index is 1.51. The monoisotopic (exact) mass is 367 g/mol. The highest BCUT2D eigenvalue weighted by atomic mass is 16.5. The third kappa shape index (κ3) is 3.62. The van der Waals surface area contributed by atoms with E-state index in [0.29, 0.717) is 11.0 Å². The van der Waals surface area contributed by atoms with Crippen molar-refractivity contribution in [3.63, 3.8) is 0 Å². The van der Waals surface area contributed by atoms with Gasteiger partial charge in [0.05, 0.1) is 18.4 Å². The molecule has 2 aliphatic heterocycles. The predicted octanol–water partition coefficient (Wildman–Crippen LogP) is 3.54. The number of carbonyl (C=O) groups is 1. The molecule has 0 atom stereocenters. The van der Waals surface area contributed by atoms with Crippen LogP contribution in [0.2, 0.25) is 0 Å². The summed E-state index contributed by atoms with van der Waals surface area (Å²) in [5.41, 5.74) is 3.94. The number of esters is 1. The fourth-order valence-electron chi connectivity index (χ4n) is 3.90. The van der Waals surface area contributed by atoms with E-state index in [2.05, 4.69) is 16.3 Å². The second-order valence-electron chi connectivity index (χ2n) is 7.55. The summed E-state index contributed by atoms with van der Waals surface area (Å²) in [6, 6.07) is 9.41. The van der Waals surface area contributed by atoms with Gasteiger partial charge in [-0.3, -0.25) is 0 Å². The standard InChI is InChI=1S/C21H25N3O3/c1-15-11-18(23-17-5-3-16(4-6-17)20(25)26-2)19(22-12-15)24-13-21(14-24)7-9-27-10-8-21/h3-6,11-12,23H,7-10,13-14H2,1-2H3. The SMILES string of the molecule is COC(=O)c1ccc(Nc2cc(C)cnc2N2CC3(CCOCC3)C2)cc1. The molecule has 142 valence electrons. The van der Waals surface area contributed by atoms with Crippen molar-refractivity contribution in [1.29, 1.82) is 0 Å². The maximum Gasteiger partial charge on any atom is 0.337 e. The highest BCUT2D eigenvalue weighted by Gasteiger charge is 2.44. The van der Waals surface area contributed by atoms with Gasteiger partial charge in [-0.15, -0.1) is 0 Å². The Morgan fingerprint density at radius 3 is 2.59 bits per heavy atom. The molecule has 2 aromatic rings. The largest absolute Gasteiger partial charge is 0.465 e. The molecule has 4 rings (SSSR count). The minimum absolute atomic E-state index is 0.332. The Morgan fingerprint density at radius 1 is 1.22 bits per heavy atom. The first kappa shape index (κ1) is 17.8. The molecule has 0 saturated carbocycles. The lowest BCUT2D eigenvalue weighted by Crippen LogP contribution is -2.59. The summed E-state index contributed by atoms with van der Waals surface area (Å²) in [5, 5.41) is 3.46. The lowest BCUT2D eigenvalue weighted by molar-refractivity contribution is -0.000405. The molecule has 1 aromatic heterocycles. The predicted molar refractivity (Wildman–Crippen MR) is 105 cm³/mol. The molecule has 0 bridgehead atoms. The number of ether oxygens (including phenoxy) is 2. The quantitative estimate of drug-likeness (QED) is 0.834. The van der Waals surface area contributed by atoms with Gasteiger partial charge in [0.25, 0.3) is 0 Å². The van der Waals surface area contributed by atoms with E-state index in [9.17, 15) is 4.79 Å². The molecular weight excluding hydrogens is 342 g/mol. The van der Waals surface area contributed by atoms with Crippen molar-refractivity contribution < 1.29 is 14.3 Å². The Bertz CT molecular complexity index is 821. The first-order valence-electron chi connectivity index (χ1n) is 9.33. The Labute approximate surface area is 159 Å². The average molecular weight is 367 g/mol. The van der Waals surface area contributed by atoms with Gasteiger partial charge in [0, 0.05) is 43.6 Å². The number of aromatic nitrogens is 1. The Morgan fingerprint density at radius 2 is 1.93 bits per heavy atom. The second-order valence-corrected chi connectivity index (χ2v) is 7.55. The fourth-order valence-corrected chi connectivity index (χ4v) is 3.90. The summed E-state index contributed by atoms with van der Waals surface area (Å²) in [5.74, 6) is 0.650. The number of aryl methyl sites for hydroxylation is 1. The normalized spacial score (nSPS) is 18.1. The summed E-state index contributed by atoms with van der Waals surface area (Å²) in [7, 11) is 1.39. The molecule has 1 aromatic carbocycles. The number of carbonyl (C=O) groups excluding carboxylic acids is 1. The van der Waals surface area contributed by atoms with Gasteiger partial charge in [-0.2, -0.15) is 0 Å². The number of hydrogen-bond donors (Lipinski definition) is 1. The van der Waals surface area contributed by atoms with Crippen LogP contribution in [0.5, 0.6) is 0 Å². The zero-order valence-corrected chi connectivity index (χ0v) is 15.8. The van der Waals surface area contributed by atoms with E-state index in [0.717, 1.165) is 61.9 Å². The van der Waals surface area contributed by atoms with Gasteiger partial charge < -0.3 is 19.7 Å². The molecule has 0 radical (unpaired) electrons. The molecule has 3 heterocycles. The molecule has 6 nitrogen and oxygen atoms in total. The smallest absolute Gasteiger partial charge is 0.337 e. The lowest BCUT2D eigenvalue weighted by Gasteiger charge is -2.53. The summed E-state index contributed by atoms with van der Waals surface area (Å²) in [6.07, 6.45) is 4.18. The number of nitrogens with zero attached hydrogens (tertiary/aromatic N) is 2. The minimum atomic E-state index is -0.332. The highest BCUT2D eigenvalue weighted by molar-refractivity contribution is 5.90. The minimum Gasteiger partial charge on any atom is -0.465 e. The third-order valence-electron chi connectivity index (χ3n) is 5.49. The third-order valence-corrected chi connectivity index (χ3v) is 5.49. The molecule has 0 aliphatic carbocycles. The van der Waals surface area contributed by atoms with Crippen LogP contribution in [0.15, 0.2) is 36.5 Å². The van der Waals surface area contributed by atoms with Crippen LogP contribution in [-0.4, -0.2) is 44.4 Å². The van der Waals surface area contributed by atoms with Crippen molar-refractivity contribution in [2.45, 2.75) is 19.8 Å². The van der Waals surface area contributed by atoms with E-state index < -0.39 is 0 Å². The average Bonchev–Trinajstić information content (AvgIpc) is 2.67. The van der Waals surface area contributed by atoms with Crippen LogP contribution in [0.4, 0.5) is 17.2 Å². The van der Waals surface area contributed by atoms with Crippen LogP contribution in [0, 0.1) is 12.3 Å². The van der Waals surface area contributed by atoms with E-state index in [1.54, 1.807) is 12.1 Å². The molecule has 0 unspecified atom stereocenters. The van der Waals surface area contributed by atoms with Gasteiger partial charge in [0.1, 0.15) is 0 Å². The highest BCUT2D eigenvalue weighted by Crippen LogP contribution is 2.43. The van der Waals surface area contributed by atoms with E-state index in [1.807, 2.05) is 25.3 Å². The molecule has 27 heavy (non-hydrogen) atoms. The van der Waals surface area contributed by atoms with E-state index in [1.165, 1.54) is 7.11 Å². The van der Waals surface area contributed by atoms with Crippen LogP contribution >= 0.6 is 0 Å². The van der Waals surface area contributed by atoms with Gasteiger partial charge in [-0.1, -0.05) is 0 Å². The molecule has 2 aliphatic rings. The first-order chi connectivity index (χ1) is 13.1. The van der Waals surface area contributed by atoms with Crippen molar-refractivity contribution in [2.24, 2.45) is 5.41 Å². The summed E-state index contributed by atoms with van der Waals surface area (Å²) in [4.78, 5) is 18.6. The molecule has 2 fully saturated rings. The number of methoxy groups -OCH3 is 1. The molecule has 1 spiro atoms. The van der Waals surface area contributed by atoms with Crippen LogP contribution in [0.1, 0.15) is 28.8 Å². The molecule has 6 heteroatoms. The van der Waals surface area contributed by atoms with E-state index in [-0.39, 0.29) is 5.97 Å². The molecule has 1 N–H and O–H groups in total. The van der Waals surface area contributed by atoms with Crippen LogP contribution in [0.25, 0.3) is 0 Å². The zero-order chi connectivity index (χ0) is 18.9. The number of pyridine rings is 1. The van der Waals surface area contributed by atoms with Crippen molar-refractivity contribution >= 4 is 23.2 Å². The molecular formula is C21H25N3O3. The molecule has 0 amide bonds. The fraction of sp³-hybridized carbons (Fsp3) is 0.429. The van der Waals surface area contributed by atoms with Gasteiger partial charge in [-0.05, 0) is 55.7 Å². The maximum absolute atomic E-state index is 11.6. The van der Waals surface area contributed by atoms with E-state index >= 15 is 0 Å². The Hall–Kier alpha value is -2.60. The number of hydrogen-bond acceptors (Lipinski definition) is 6. The first-order valence-corrected chi connectivity index (χ1v) is 9.33. The van der Waals surface area contributed by atoms with E-state index in [4.69, 9.17) is 14.5 Å². The van der Waals surface area contributed by atoms with Crippen LogP contribution in [0.3, 0.4) is 0 Å². The summed E-state index contributed by atoms with van der Waals surface area (Å²) >= 11 is 0. The van der Waals surface area contributed by atoms with Crippen LogP contribution in [-0.2, 0) is 9.47 Å².